The Labute approximate surface area is 162 Å². The van der Waals surface area contributed by atoms with Crippen LogP contribution in [0.3, 0.4) is 0 Å². The Morgan fingerprint density at radius 2 is 0.962 bits per heavy atom. The normalized spacial score (nSPS) is 12.0. The van der Waals surface area contributed by atoms with E-state index in [2.05, 4.69) is 41.5 Å². The van der Waals surface area contributed by atoms with E-state index >= 15 is 0 Å². The minimum absolute atomic E-state index is 0.119. The van der Waals surface area contributed by atoms with Crippen LogP contribution in [0.15, 0.2) is 0 Å². The van der Waals surface area contributed by atoms with E-state index in [1.807, 2.05) is 13.8 Å². The summed E-state index contributed by atoms with van der Waals surface area (Å²) in [6, 6.07) is 0. The maximum absolute atomic E-state index is 8.91. The molecular formula is C21H48O5. The van der Waals surface area contributed by atoms with Gasteiger partial charge in [0.05, 0.1) is 19.8 Å². The third-order valence-corrected chi connectivity index (χ3v) is 3.94. The molecule has 5 N–H and O–H groups in total. The molecule has 0 atom stereocenters. The van der Waals surface area contributed by atoms with Crippen LogP contribution >= 0.6 is 0 Å². The molecule has 26 heavy (non-hydrogen) atoms. The highest BCUT2D eigenvalue weighted by Gasteiger charge is 2.28. The number of hydrogen-bond acceptors (Lipinski definition) is 5. The van der Waals surface area contributed by atoms with Crippen LogP contribution in [0.1, 0.15) is 74.7 Å². The van der Waals surface area contributed by atoms with Gasteiger partial charge in [-0.3, -0.25) is 0 Å². The van der Waals surface area contributed by atoms with E-state index in [9.17, 15) is 0 Å². The molecule has 0 unspecified atom stereocenters. The van der Waals surface area contributed by atoms with E-state index in [4.69, 9.17) is 25.5 Å². The number of aliphatic hydroxyl groups is 5. The van der Waals surface area contributed by atoms with Gasteiger partial charge in [-0.05, 0) is 42.4 Å². The standard InChI is InChI=1S/C8H18O3.C8H18O.C5H12O/c1-7(2)3-8(4-9,5-10)6-11;1-7(2)5-8(3,4)6-9;1-5(2)3-4-6/h7,9-11H,3-6H2,1-2H3;7,9H,5-6H2,1-4H3;5-6H,3-4H2,1-2H3. The van der Waals surface area contributed by atoms with Crippen LogP contribution in [0.5, 0.6) is 0 Å². The van der Waals surface area contributed by atoms with E-state index in [1.165, 1.54) is 0 Å². The Balaban J connectivity index is -0.000000319. The lowest BCUT2D eigenvalue weighted by atomic mass is 9.82. The van der Waals surface area contributed by atoms with Gasteiger partial charge in [0, 0.05) is 18.6 Å². The molecule has 0 aromatic rings. The SMILES string of the molecule is CC(C)CC(C)(C)CO.CC(C)CC(CO)(CO)CO.CC(C)CCO. The molecule has 0 aromatic carbocycles. The molecule has 0 aliphatic heterocycles. The summed E-state index contributed by atoms with van der Waals surface area (Å²) < 4.78 is 0. The van der Waals surface area contributed by atoms with Gasteiger partial charge in [-0.15, -0.1) is 0 Å². The second kappa shape index (κ2) is 16.9. The van der Waals surface area contributed by atoms with Gasteiger partial charge in [0.2, 0.25) is 0 Å². The lowest BCUT2D eigenvalue weighted by Crippen LogP contribution is -2.35. The first-order valence-corrected chi connectivity index (χ1v) is 9.89. The van der Waals surface area contributed by atoms with Crippen LogP contribution in [0.4, 0.5) is 0 Å². The summed E-state index contributed by atoms with van der Waals surface area (Å²) in [4.78, 5) is 0. The van der Waals surface area contributed by atoms with Gasteiger partial charge in [-0.2, -0.15) is 0 Å². The van der Waals surface area contributed by atoms with Gasteiger partial charge in [0.1, 0.15) is 0 Å². The van der Waals surface area contributed by atoms with Gasteiger partial charge in [-0.1, -0.05) is 55.4 Å². The molecule has 0 amide bonds. The zero-order valence-electron chi connectivity index (χ0n) is 18.6. The fraction of sp³-hybridized carbons (Fsp3) is 1.00. The van der Waals surface area contributed by atoms with Crippen molar-refractivity contribution in [3.05, 3.63) is 0 Å². The summed E-state index contributed by atoms with van der Waals surface area (Å²) in [6.07, 6.45) is 2.68. The highest BCUT2D eigenvalue weighted by molar-refractivity contribution is 4.77. The first-order valence-electron chi connectivity index (χ1n) is 9.89. The maximum atomic E-state index is 8.91. The second-order valence-corrected chi connectivity index (χ2v) is 9.40. The van der Waals surface area contributed by atoms with Crippen molar-refractivity contribution in [1.29, 1.82) is 0 Å². The summed E-state index contributed by atoms with van der Waals surface area (Å²) in [5, 5.41) is 43.8. The minimum Gasteiger partial charge on any atom is -0.396 e. The Hall–Kier alpha value is -0.200. The van der Waals surface area contributed by atoms with Crippen molar-refractivity contribution < 1.29 is 25.5 Å². The fourth-order valence-electron chi connectivity index (χ4n) is 2.64. The third kappa shape index (κ3) is 20.1. The molecule has 0 spiro atoms. The number of rotatable bonds is 10. The zero-order chi connectivity index (χ0) is 21.4. The molecule has 0 fully saturated rings. The average Bonchev–Trinajstić information content (AvgIpc) is 2.52. The average molecular weight is 381 g/mol. The van der Waals surface area contributed by atoms with E-state index < -0.39 is 5.41 Å². The van der Waals surface area contributed by atoms with E-state index in [1.54, 1.807) is 0 Å². The summed E-state index contributed by atoms with van der Waals surface area (Å²) in [5.41, 5.74) is -0.567. The van der Waals surface area contributed by atoms with Gasteiger partial charge in [-0.25, -0.2) is 0 Å². The molecule has 0 bridgehead atoms. The van der Waals surface area contributed by atoms with E-state index in [0.29, 0.717) is 37.4 Å². The summed E-state index contributed by atoms with van der Waals surface area (Å²) in [7, 11) is 0. The van der Waals surface area contributed by atoms with E-state index in [0.717, 1.165) is 12.8 Å². The molecule has 0 aliphatic rings. The second-order valence-electron chi connectivity index (χ2n) is 9.40. The lowest BCUT2D eigenvalue weighted by molar-refractivity contribution is -0.00897. The highest BCUT2D eigenvalue weighted by Crippen LogP contribution is 2.24. The molecule has 5 heteroatoms. The predicted octanol–water partition coefficient (Wildman–Crippen LogP) is 3.07. The highest BCUT2D eigenvalue weighted by atomic mass is 16.3. The molecule has 0 saturated heterocycles. The Kier molecular flexibility index (Phi) is 19.9. The van der Waals surface area contributed by atoms with Crippen molar-refractivity contribution in [1.82, 2.24) is 0 Å². The fourth-order valence-corrected chi connectivity index (χ4v) is 2.64. The van der Waals surface area contributed by atoms with Gasteiger partial charge >= 0.3 is 0 Å². The van der Waals surface area contributed by atoms with E-state index in [-0.39, 0.29) is 25.2 Å². The van der Waals surface area contributed by atoms with Crippen molar-refractivity contribution in [2.45, 2.75) is 74.7 Å². The first kappa shape index (κ1) is 30.5. The molecular weight excluding hydrogens is 332 g/mol. The van der Waals surface area contributed by atoms with Gasteiger partial charge < -0.3 is 25.5 Å². The largest absolute Gasteiger partial charge is 0.396 e. The number of aliphatic hydroxyl groups excluding tert-OH is 5. The molecule has 0 rings (SSSR count). The lowest BCUT2D eigenvalue weighted by Gasteiger charge is -2.28. The molecule has 0 saturated carbocycles. The minimum atomic E-state index is -0.686. The molecule has 0 aliphatic carbocycles. The Bertz CT molecular complexity index is 276. The van der Waals surface area contributed by atoms with Crippen LogP contribution in [-0.4, -0.2) is 58.6 Å². The summed E-state index contributed by atoms with van der Waals surface area (Å²) >= 11 is 0. The van der Waals surface area contributed by atoms with Crippen molar-refractivity contribution >= 4 is 0 Å². The van der Waals surface area contributed by atoms with Crippen molar-refractivity contribution in [3.8, 4) is 0 Å². The van der Waals surface area contributed by atoms with Crippen LogP contribution in [0.25, 0.3) is 0 Å². The van der Waals surface area contributed by atoms with Crippen molar-refractivity contribution in [3.63, 3.8) is 0 Å². The maximum Gasteiger partial charge on any atom is 0.0531 e. The van der Waals surface area contributed by atoms with Crippen LogP contribution in [0.2, 0.25) is 0 Å². The topological polar surface area (TPSA) is 101 Å². The van der Waals surface area contributed by atoms with Crippen molar-refractivity contribution in [2.24, 2.45) is 28.6 Å². The molecule has 0 radical (unpaired) electrons. The smallest absolute Gasteiger partial charge is 0.0531 e. The third-order valence-electron chi connectivity index (χ3n) is 3.94. The summed E-state index contributed by atoms with van der Waals surface area (Å²) in [5.74, 6) is 1.71. The summed E-state index contributed by atoms with van der Waals surface area (Å²) in [6.45, 7) is 16.9. The van der Waals surface area contributed by atoms with Crippen molar-refractivity contribution in [2.75, 3.05) is 33.0 Å². The predicted molar refractivity (Wildman–Crippen MR) is 110 cm³/mol. The quantitative estimate of drug-likeness (QED) is 0.401. The molecule has 162 valence electrons. The molecule has 0 heterocycles. The van der Waals surface area contributed by atoms with Gasteiger partial charge in [0.15, 0.2) is 0 Å². The first-order chi connectivity index (χ1) is 11.8. The number of hydrogen-bond donors (Lipinski definition) is 5. The molecule has 0 aromatic heterocycles. The van der Waals surface area contributed by atoms with Crippen LogP contribution in [-0.2, 0) is 0 Å². The zero-order valence-corrected chi connectivity index (χ0v) is 18.6. The Morgan fingerprint density at radius 1 is 0.577 bits per heavy atom. The van der Waals surface area contributed by atoms with Gasteiger partial charge in [0.25, 0.3) is 0 Å². The van der Waals surface area contributed by atoms with Crippen LogP contribution in [0, 0.1) is 28.6 Å². The van der Waals surface area contributed by atoms with Crippen LogP contribution < -0.4 is 0 Å². The Morgan fingerprint density at radius 3 is 1.04 bits per heavy atom. The molecule has 5 nitrogen and oxygen atoms in total. The monoisotopic (exact) mass is 380 g/mol.